The summed E-state index contributed by atoms with van der Waals surface area (Å²) < 4.78 is 9.70. The monoisotopic (exact) mass is 245 g/mol. The fourth-order valence-corrected chi connectivity index (χ4v) is 1.27. The first kappa shape index (κ1) is 15.7. The first-order chi connectivity index (χ1) is 7.83. The maximum atomic E-state index is 11.4. The Labute approximate surface area is 103 Å². The molecule has 17 heavy (non-hydrogen) atoms. The minimum Gasteiger partial charge on any atom is -0.469 e. The zero-order chi connectivity index (χ0) is 13.6. The number of amides is 1. The van der Waals surface area contributed by atoms with E-state index in [0.29, 0.717) is 13.1 Å². The summed E-state index contributed by atoms with van der Waals surface area (Å²) in [5.74, 6) is -0.461. The third kappa shape index (κ3) is 5.06. The number of nitrogens with zero attached hydrogens (tertiary/aromatic N) is 1. The predicted octanol–water partition coefficient (Wildman–Crippen LogP) is 2.05. The molecule has 100 valence electrons. The summed E-state index contributed by atoms with van der Waals surface area (Å²) in [6, 6.07) is 0. The van der Waals surface area contributed by atoms with Crippen LogP contribution in [0.2, 0.25) is 0 Å². The third-order valence-corrected chi connectivity index (χ3v) is 2.07. The minimum absolute atomic E-state index is 0.192. The van der Waals surface area contributed by atoms with Crippen molar-refractivity contribution in [2.24, 2.45) is 5.92 Å². The number of carbonyl (C=O) groups excluding carboxylic acids is 2. The van der Waals surface area contributed by atoms with E-state index in [4.69, 9.17) is 4.74 Å². The van der Waals surface area contributed by atoms with Gasteiger partial charge in [0, 0.05) is 13.1 Å². The normalized spacial score (nSPS) is 15.3. The molecule has 0 aliphatic carbocycles. The summed E-state index contributed by atoms with van der Waals surface area (Å²) in [7, 11) is 1.35. The van der Waals surface area contributed by atoms with Gasteiger partial charge in [-0.05, 0) is 20.8 Å². The summed E-state index contributed by atoms with van der Waals surface area (Å²) in [4.78, 5) is 24.0. The summed E-state index contributed by atoms with van der Waals surface area (Å²) in [6.45, 7) is 10.2. The van der Waals surface area contributed by atoms with Crippen LogP contribution >= 0.6 is 0 Å². The largest absolute Gasteiger partial charge is 0.469 e. The van der Waals surface area contributed by atoms with Crippen LogP contribution in [0.4, 0.5) is 4.79 Å². The minimum atomic E-state index is -0.493. The number of hydrogen-bond acceptors (Lipinski definition) is 4. The Morgan fingerprint density at radius 3 is 2.00 bits per heavy atom. The molecule has 5 heteroatoms. The van der Waals surface area contributed by atoms with Crippen LogP contribution in [0.15, 0.2) is 0 Å². The molecule has 1 fully saturated rings. The fraction of sp³-hybridized carbons (Fsp3) is 0.833. The quantitative estimate of drug-likeness (QED) is 0.663. The van der Waals surface area contributed by atoms with Gasteiger partial charge in [-0.25, -0.2) is 4.79 Å². The Kier molecular flexibility index (Phi) is 5.99. The maximum absolute atomic E-state index is 11.4. The highest BCUT2D eigenvalue weighted by Gasteiger charge is 2.38. The van der Waals surface area contributed by atoms with Crippen LogP contribution in [0.3, 0.4) is 0 Å². The van der Waals surface area contributed by atoms with E-state index < -0.39 is 5.60 Å². The van der Waals surface area contributed by atoms with Gasteiger partial charge in [0.2, 0.25) is 0 Å². The van der Waals surface area contributed by atoms with Crippen molar-refractivity contribution in [1.29, 1.82) is 0 Å². The molecule has 0 saturated carbocycles. The summed E-state index contributed by atoms with van der Waals surface area (Å²) >= 11 is 0. The average molecular weight is 245 g/mol. The van der Waals surface area contributed by atoms with Crippen molar-refractivity contribution in [2.75, 3.05) is 20.2 Å². The Morgan fingerprint density at radius 2 is 1.65 bits per heavy atom. The van der Waals surface area contributed by atoms with E-state index in [9.17, 15) is 9.59 Å². The van der Waals surface area contributed by atoms with Crippen LogP contribution in [0.1, 0.15) is 34.6 Å². The van der Waals surface area contributed by atoms with Gasteiger partial charge in [0.1, 0.15) is 5.60 Å². The van der Waals surface area contributed by atoms with Crippen molar-refractivity contribution in [3.8, 4) is 0 Å². The summed E-state index contributed by atoms with van der Waals surface area (Å²) in [5, 5.41) is 0. The molecule has 0 aromatic heterocycles. The predicted molar refractivity (Wildman–Crippen MR) is 64.7 cm³/mol. The van der Waals surface area contributed by atoms with Gasteiger partial charge in [0.05, 0.1) is 13.0 Å². The van der Waals surface area contributed by atoms with Crippen molar-refractivity contribution in [1.82, 2.24) is 4.90 Å². The SMILES string of the molecule is CC.COC(=O)C1CN(C(=O)OC(C)(C)C)C1. The average Bonchev–Trinajstić information content (AvgIpc) is 2.15. The molecule has 0 radical (unpaired) electrons. The standard InChI is InChI=1S/C10H17NO4.C2H6/c1-10(2,3)15-9(13)11-5-7(6-11)8(12)14-4;1-2/h7H,5-6H2,1-4H3;1-2H3. The van der Waals surface area contributed by atoms with E-state index in [1.165, 1.54) is 12.0 Å². The van der Waals surface area contributed by atoms with Crippen LogP contribution in [0.25, 0.3) is 0 Å². The molecule has 0 spiro atoms. The number of likely N-dealkylation sites (tertiary alicyclic amines) is 1. The van der Waals surface area contributed by atoms with Gasteiger partial charge in [0.25, 0.3) is 0 Å². The Balaban J connectivity index is 0.00000121. The molecule has 1 heterocycles. The van der Waals surface area contributed by atoms with E-state index >= 15 is 0 Å². The molecule has 0 unspecified atom stereocenters. The molecule has 5 nitrogen and oxygen atoms in total. The summed E-state index contributed by atoms with van der Waals surface area (Å²) in [6.07, 6.45) is -0.373. The Morgan fingerprint density at radius 1 is 1.18 bits per heavy atom. The molecule has 1 aliphatic rings. The highest BCUT2D eigenvalue weighted by molar-refractivity contribution is 5.78. The van der Waals surface area contributed by atoms with Crippen LogP contribution in [-0.4, -0.2) is 42.8 Å². The maximum Gasteiger partial charge on any atom is 0.410 e. The molecule has 0 bridgehead atoms. The van der Waals surface area contributed by atoms with Gasteiger partial charge in [-0.3, -0.25) is 4.79 Å². The molecular formula is C12H23NO4. The van der Waals surface area contributed by atoms with E-state index in [2.05, 4.69) is 4.74 Å². The van der Waals surface area contributed by atoms with Gasteiger partial charge >= 0.3 is 12.1 Å². The van der Waals surface area contributed by atoms with Crippen molar-refractivity contribution < 1.29 is 19.1 Å². The number of carbonyl (C=O) groups is 2. The van der Waals surface area contributed by atoms with E-state index in [0.717, 1.165) is 0 Å². The third-order valence-electron chi connectivity index (χ3n) is 2.07. The molecule has 1 amide bonds. The molecule has 1 aliphatic heterocycles. The summed E-state index contributed by atoms with van der Waals surface area (Å²) in [5.41, 5.74) is -0.493. The van der Waals surface area contributed by atoms with E-state index in [-0.39, 0.29) is 18.0 Å². The van der Waals surface area contributed by atoms with E-state index in [1.54, 1.807) is 0 Å². The van der Waals surface area contributed by atoms with Crippen LogP contribution < -0.4 is 0 Å². The van der Waals surface area contributed by atoms with Crippen LogP contribution in [0, 0.1) is 5.92 Å². The highest BCUT2D eigenvalue weighted by Crippen LogP contribution is 2.20. The number of hydrogen-bond donors (Lipinski definition) is 0. The van der Waals surface area contributed by atoms with Crippen molar-refractivity contribution >= 4 is 12.1 Å². The highest BCUT2D eigenvalue weighted by atomic mass is 16.6. The first-order valence-electron chi connectivity index (χ1n) is 5.89. The second-order valence-electron chi connectivity index (χ2n) is 4.61. The fourth-order valence-electron chi connectivity index (χ4n) is 1.27. The molecule has 1 rings (SSSR count). The van der Waals surface area contributed by atoms with Gasteiger partial charge in [0.15, 0.2) is 0 Å². The molecule has 0 aromatic carbocycles. The number of ether oxygens (including phenoxy) is 2. The molecular weight excluding hydrogens is 222 g/mol. The second-order valence-corrected chi connectivity index (χ2v) is 4.61. The van der Waals surface area contributed by atoms with Gasteiger partial charge < -0.3 is 14.4 Å². The second kappa shape index (κ2) is 6.47. The van der Waals surface area contributed by atoms with Crippen molar-refractivity contribution in [3.05, 3.63) is 0 Å². The molecule has 1 saturated heterocycles. The zero-order valence-corrected chi connectivity index (χ0v) is 11.6. The van der Waals surface area contributed by atoms with Gasteiger partial charge in [-0.1, -0.05) is 13.8 Å². The Hall–Kier alpha value is -1.26. The van der Waals surface area contributed by atoms with E-state index in [1.807, 2.05) is 34.6 Å². The smallest absolute Gasteiger partial charge is 0.410 e. The number of methoxy groups -OCH3 is 1. The van der Waals surface area contributed by atoms with Gasteiger partial charge in [-0.2, -0.15) is 0 Å². The first-order valence-corrected chi connectivity index (χ1v) is 5.89. The van der Waals surface area contributed by atoms with Crippen LogP contribution in [-0.2, 0) is 14.3 Å². The van der Waals surface area contributed by atoms with Crippen molar-refractivity contribution in [3.63, 3.8) is 0 Å². The molecule has 0 atom stereocenters. The zero-order valence-electron chi connectivity index (χ0n) is 11.6. The lowest BCUT2D eigenvalue weighted by molar-refractivity contribution is -0.150. The lowest BCUT2D eigenvalue weighted by Crippen LogP contribution is -2.54. The lowest BCUT2D eigenvalue weighted by Gasteiger charge is -2.37. The number of esters is 1. The number of rotatable bonds is 1. The molecule has 0 N–H and O–H groups in total. The molecule has 0 aromatic rings. The topological polar surface area (TPSA) is 55.8 Å². The Bertz CT molecular complexity index is 264. The lowest BCUT2D eigenvalue weighted by atomic mass is 10.0. The van der Waals surface area contributed by atoms with Gasteiger partial charge in [-0.15, -0.1) is 0 Å². The van der Waals surface area contributed by atoms with Crippen LogP contribution in [0.5, 0.6) is 0 Å². The van der Waals surface area contributed by atoms with Crippen molar-refractivity contribution in [2.45, 2.75) is 40.2 Å².